The van der Waals surface area contributed by atoms with E-state index in [1.165, 1.54) is 18.3 Å². The van der Waals surface area contributed by atoms with Gasteiger partial charge in [0.25, 0.3) is 5.91 Å². The number of urea groups is 1. The van der Waals surface area contributed by atoms with Gasteiger partial charge in [0.2, 0.25) is 5.95 Å². The summed E-state index contributed by atoms with van der Waals surface area (Å²) in [6.07, 6.45) is -10.5. The number of nitrogens with zero attached hydrogens (tertiary/aromatic N) is 2. The summed E-state index contributed by atoms with van der Waals surface area (Å²) in [5.74, 6) is -2.31. The van der Waals surface area contributed by atoms with E-state index in [0.29, 0.717) is 23.9 Å². The van der Waals surface area contributed by atoms with Crippen molar-refractivity contribution in [2.75, 3.05) is 5.32 Å². The highest BCUT2D eigenvalue weighted by Crippen LogP contribution is 2.39. The van der Waals surface area contributed by atoms with E-state index in [1.807, 2.05) is 5.32 Å². The second-order valence-electron chi connectivity index (χ2n) is 5.29. The summed E-state index contributed by atoms with van der Waals surface area (Å²) in [5, 5.41) is 3.21. The topological polar surface area (TPSA) is 84.0 Å². The minimum Gasteiger partial charge on any atom is -0.276 e. The largest absolute Gasteiger partial charge is 0.417 e. The molecule has 0 spiro atoms. The van der Waals surface area contributed by atoms with Gasteiger partial charge in [0.1, 0.15) is 5.15 Å². The van der Waals surface area contributed by atoms with E-state index in [0.717, 1.165) is 0 Å². The second-order valence-corrected chi connectivity index (χ2v) is 5.67. The van der Waals surface area contributed by atoms with Gasteiger partial charge in [0.05, 0.1) is 16.7 Å². The molecule has 28 heavy (non-hydrogen) atoms. The van der Waals surface area contributed by atoms with Crippen molar-refractivity contribution >= 4 is 29.5 Å². The summed E-state index contributed by atoms with van der Waals surface area (Å²) in [6, 6.07) is 0.976. The second kappa shape index (κ2) is 7.62. The number of carbonyl (C=O) groups excluding carboxylic acids is 2. The molecule has 150 valence electrons. The molecule has 1 heterocycles. The number of nitrogens with one attached hydrogen (secondary N) is 2. The van der Waals surface area contributed by atoms with Crippen LogP contribution >= 0.6 is 11.6 Å². The molecule has 0 aliphatic carbocycles. The van der Waals surface area contributed by atoms with Crippen molar-refractivity contribution in [1.82, 2.24) is 15.3 Å². The third kappa shape index (κ3) is 5.09. The number of rotatable bonds is 2. The Labute approximate surface area is 157 Å². The fourth-order valence-corrected chi connectivity index (χ4v) is 2.39. The summed E-state index contributed by atoms with van der Waals surface area (Å²) in [6.45, 7) is 1.48. The first kappa shape index (κ1) is 21.4. The molecule has 0 saturated heterocycles. The minimum absolute atomic E-state index is 0.0871. The number of halogens is 7. The third-order valence-corrected chi connectivity index (χ3v) is 3.37. The first-order valence-corrected chi connectivity index (χ1v) is 7.57. The average Bonchev–Trinajstić information content (AvgIpc) is 2.51. The van der Waals surface area contributed by atoms with Crippen LogP contribution in [-0.2, 0) is 12.4 Å². The molecular formula is C15H9ClF6N4O2. The highest BCUT2D eigenvalue weighted by atomic mass is 35.5. The molecule has 0 unspecified atom stereocenters. The Hall–Kier alpha value is -2.89. The number of amides is 3. The van der Waals surface area contributed by atoms with Crippen molar-refractivity contribution in [1.29, 1.82) is 0 Å². The molecule has 0 bridgehead atoms. The Kier molecular flexibility index (Phi) is 5.83. The van der Waals surface area contributed by atoms with Crippen LogP contribution in [0.25, 0.3) is 0 Å². The lowest BCUT2D eigenvalue weighted by Gasteiger charge is -2.17. The molecule has 2 N–H and O–H groups in total. The van der Waals surface area contributed by atoms with Gasteiger partial charge in [0, 0.05) is 5.69 Å². The van der Waals surface area contributed by atoms with Crippen LogP contribution in [0.1, 0.15) is 27.2 Å². The fourth-order valence-electron chi connectivity index (χ4n) is 2.15. The zero-order valence-corrected chi connectivity index (χ0v) is 14.4. The number of alkyl halides is 6. The Balaban J connectivity index is 2.36. The normalized spacial score (nSPS) is 11.9. The van der Waals surface area contributed by atoms with Gasteiger partial charge < -0.3 is 0 Å². The van der Waals surface area contributed by atoms with Crippen LogP contribution in [-0.4, -0.2) is 21.9 Å². The zero-order chi connectivity index (χ0) is 21.3. The van der Waals surface area contributed by atoms with Crippen LogP contribution in [0.2, 0.25) is 5.15 Å². The number of aryl methyl sites for hydroxylation is 1. The van der Waals surface area contributed by atoms with E-state index in [4.69, 9.17) is 11.6 Å². The molecule has 6 nitrogen and oxygen atoms in total. The molecule has 0 radical (unpaired) electrons. The standard InChI is InChI=1S/C15H9ClF6N4O2/c1-6-5-9(16)24-12(23-6)26-13(28)25-11(27)10-7(14(17,18)19)3-2-4-8(10)15(20,21)22/h2-5H,1H3,(H2,23,24,25,26,27,28). The van der Waals surface area contributed by atoms with Crippen LogP contribution < -0.4 is 10.6 Å². The summed E-state index contributed by atoms with van der Waals surface area (Å²) < 4.78 is 78.4. The number of carbonyl (C=O) groups is 2. The summed E-state index contributed by atoms with van der Waals surface area (Å²) in [7, 11) is 0. The quantitative estimate of drug-likeness (QED) is 0.549. The maximum atomic E-state index is 13.1. The maximum Gasteiger partial charge on any atom is 0.417 e. The van der Waals surface area contributed by atoms with E-state index in [9.17, 15) is 35.9 Å². The number of aromatic nitrogens is 2. The number of benzene rings is 1. The highest BCUT2D eigenvalue weighted by Gasteiger charge is 2.43. The highest BCUT2D eigenvalue weighted by molar-refractivity contribution is 6.29. The lowest BCUT2D eigenvalue weighted by Crippen LogP contribution is -2.37. The molecule has 0 saturated carbocycles. The van der Waals surface area contributed by atoms with Crippen LogP contribution in [0.4, 0.5) is 37.1 Å². The molecule has 0 aliphatic rings. The van der Waals surface area contributed by atoms with Crippen molar-refractivity contribution < 1.29 is 35.9 Å². The van der Waals surface area contributed by atoms with E-state index in [2.05, 4.69) is 9.97 Å². The Bertz CT molecular complexity index is 877. The number of hydrogen-bond acceptors (Lipinski definition) is 4. The predicted octanol–water partition coefficient (Wildman–Crippen LogP) is 4.44. The molecule has 0 aliphatic heterocycles. The first-order valence-electron chi connectivity index (χ1n) is 7.20. The Morgan fingerprint density at radius 1 is 1.00 bits per heavy atom. The van der Waals surface area contributed by atoms with Crippen LogP contribution in [0.3, 0.4) is 0 Å². The van der Waals surface area contributed by atoms with Crippen molar-refractivity contribution in [3.63, 3.8) is 0 Å². The van der Waals surface area contributed by atoms with Gasteiger partial charge in [-0.25, -0.2) is 14.8 Å². The van der Waals surface area contributed by atoms with Gasteiger partial charge in [-0.2, -0.15) is 26.3 Å². The van der Waals surface area contributed by atoms with Crippen molar-refractivity contribution in [3.05, 3.63) is 51.8 Å². The van der Waals surface area contributed by atoms with E-state index in [-0.39, 0.29) is 5.15 Å². The lowest BCUT2D eigenvalue weighted by molar-refractivity contribution is -0.143. The van der Waals surface area contributed by atoms with Gasteiger partial charge in [-0.3, -0.25) is 15.4 Å². The molecule has 2 rings (SSSR count). The summed E-state index contributed by atoms with van der Waals surface area (Å²) in [5.41, 5.74) is -5.12. The smallest absolute Gasteiger partial charge is 0.276 e. The van der Waals surface area contributed by atoms with Crippen molar-refractivity contribution in [2.24, 2.45) is 0 Å². The van der Waals surface area contributed by atoms with Gasteiger partial charge >= 0.3 is 18.4 Å². The van der Waals surface area contributed by atoms with Gasteiger partial charge in [-0.15, -0.1) is 0 Å². The van der Waals surface area contributed by atoms with Gasteiger partial charge in [0.15, 0.2) is 0 Å². The van der Waals surface area contributed by atoms with Crippen LogP contribution in [0.15, 0.2) is 24.3 Å². The van der Waals surface area contributed by atoms with E-state index < -0.39 is 46.9 Å². The molecule has 1 aromatic carbocycles. The molecule has 0 fully saturated rings. The maximum absolute atomic E-state index is 13.1. The van der Waals surface area contributed by atoms with Crippen molar-refractivity contribution in [3.8, 4) is 0 Å². The Morgan fingerprint density at radius 3 is 2.00 bits per heavy atom. The predicted molar refractivity (Wildman–Crippen MR) is 84.7 cm³/mol. The third-order valence-electron chi connectivity index (χ3n) is 3.18. The molecular weight excluding hydrogens is 418 g/mol. The SMILES string of the molecule is Cc1cc(Cl)nc(NC(=O)NC(=O)c2c(C(F)(F)F)cccc2C(F)(F)F)n1. The zero-order valence-electron chi connectivity index (χ0n) is 13.7. The lowest BCUT2D eigenvalue weighted by atomic mass is 9.99. The Morgan fingerprint density at radius 2 is 1.54 bits per heavy atom. The molecule has 1 aromatic heterocycles. The van der Waals surface area contributed by atoms with Crippen molar-refractivity contribution in [2.45, 2.75) is 19.3 Å². The fraction of sp³-hybridized carbons (Fsp3) is 0.200. The van der Waals surface area contributed by atoms with Gasteiger partial charge in [-0.05, 0) is 25.1 Å². The monoisotopic (exact) mass is 426 g/mol. The van der Waals surface area contributed by atoms with Crippen LogP contribution in [0.5, 0.6) is 0 Å². The number of anilines is 1. The van der Waals surface area contributed by atoms with Gasteiger partial charge in [-0.1, -0.05) is 17.7 Å². The molecule has 0 atom stereocenters. The number of hydrogen-bond donors (Lipinski definition) is 2. The molecule has 2 aromatic rings. The minimum atomic E-state index is -5.27. The van der Waals surface area contributed by atoms with E-state index in [1.54, 1.807) is 0 Å². The first-order chi connectivity index (χ1) is 12.8. The van der Waals surface area contributed by atoms with Crippen LogP contribution in [0, 0.1) is 6.92 Å². The average molecular weight is 427 g/mol. The molecule has 13 heteroatoms. The summed E-state index contributed by atoms with van der Waals surface area (Å²) >= 11 is 5.64. The van der Waals surface area contributed by atoms with E-state index >= 15 is 0 Å². The molecule has 3 amide bonds. The summed E-state index contributed by atoms with van der Waals surface area (Å²) in [4.78, 5) is 31.2. The number of imide groups is 1.